The molecule has 1 heterocycles. The molecule has 1 aliphatic heterocycles. The fraction of sp³-hybridized carbons (Fsp3) is 0.500. The minimum Gasteiger partial charge on any atom is -0.454 e. The smallest absolute Gasteiger partial charge is 0.329 e. The lowest BCUT2D eigenvalue weighted by Gasteiger charge is -2.18. The molecule has 1 fully saturated rings. The molecule has 1 aromatic carbocycles. The molecule has 0 aromatic heterocycles. The SMILES string of the molecule is CCN(CC)S(=O)(=O)c1ccc(CNC(=O)COC(=O)[C@H]2CCC(=O)N2)cc1. The Bertz CT molecular complexity index is 818. The average molecular weight is 411 g/mol. The first-order valence-electron chi connectivity index (χ1n) is 9.09. The summed E-state index contributed by atoms with van der Waals surface area (Å²) in [6.07, 6.45) is 0.633. The first-order chi connectivity index (χ1) is 13.3. The number of hydrogen-bond donors (Lipinski definition) is 2. The quantitative estimate of drug-likeness (QED) is 0.558. The van der Waals surface area contributed by atoms with Crippen molar-refractivity contribution < 1.29 is 27.5 Å². The summed E-state index contributed by atoms with van der Waals surface area (Å²) >= 11 is 0. The molecule has 1 aromatic rings. The number of ether oxygens (including phenoxy) is 1. The number of carbonyl (C=O) groups excluding carboxylic acids is 3. The Morgan fingerprint density at radius 2 is 1.86 bits per heavy atom. The van der Waals surface area contributed by atoms with Gasteiger partial charge in [-0.15, -0.1) is 0 Å². The second kappa shape index (κ2) is 9.65. The van der Waals surface area contributed by atoms with E-state index in [9.17, 15) is 22.8 Å². The molecule has 0 unspecified atom stereocenters. The molecule has 0 bridgehead atoms. The van der Waals surface area contributed by atoms with Crippen LogP contribution in [-0.4, -0.2) is 56.2 Å². The predicted octanol–water partition coefficient (Wildman–Crippen LogP) is 0.155. The summed E-state index contributed by atoms with van der Waals surface area (Å²) in [5.41, 5.74) is 0.709. The van der Waals surface area contributed by atoms with E-state index in [-0.39, 0.29) is 23.8 Å². The van der Waals surface area contributed by atoms with Crippen LogP contribution in [0.5, 0.6) is 0 Å². The zero-order chi connectivity index (χ0) is 20.7. The minimum atomic E-state index is -3.52. The van der Waals surface area contributed by atoms with Gasteiger partial charge in [-0.3, -0.25) is 9.59 Å². The van der Waals surface area contributed by atoms with Crippen LogP contribution in [0.1, 0.15) is 32.3 Å². The van der Waals surface area contributed by atoms with Gasteiger partial charge in [-0.05, 0) is 24.1 Å². The van der Waals surface area contributed by atoms with Gasteiger partial charge in [-0.25, -0.2) is 13.2 Å². The molecule has 2 N–H and O–H groups in total. The number of hydrogen-bond acceptors (Lipinski definition) is 6. The van der Waals surface area contributed by atoms with Crippen LogP contribution in [0.2, 0.25) is 0 Å². The van der Waals surface area contributed by atoms with E-state index in [2.05, 4.69) is 10.6 Å². The van der Waals surface area contributed by atoms with Crippen molar-refractivity contribution in [2.24, 2.45) is 0 Å². The van der Waals surface area contributed by atoms with Gasteiger partial charge in [0.2, 0.25) is 15.9 Å². The van der Waals surface area contributed by atoms with Gasteiger partial charge in [-0.2, -0.15) is 4.31 Å². The molecule has 154 valence electrons. The summed E-state index contributed by atoms with van der Waals surface area (Å²) in [6.45, 7) is 4.05. The van der Waals surface area contributed by atoms with Gasteiger partial charge in [0.05, 0.1) is 4.90 Å². The Kier molecular flexibility index (Phi) is 7.53. The summed E-state index contributed by atoms with van der Waals surface area (Å²) in [5, 5.41) is 5.06. The molecule has 1 saturated heterocycles. The highest BCUT2D eigenvalue weighted by Crippen LogP contribution is 2.16. The number of amides is 2. The van der Waals surface area contributed by atoms with Crippen LogP contribution in [0.4, 0.5) is 0 Å². The molecule has 28 heavy (non-hydrogen) atoms. The lowest BCUT2D eigenvalue weighted by atomic mass is 10.2. The highest BCUT2D eigenvalue weighted by atomic mass is 32.2. The summed E-state index contributed by atoms with van der Waals surface area (Å²) in [6, 6.07) is 5.55. The molecule has 10 heteroatoms. The molecule has 9 nitrogen and oxygen atoms in total. The number of rotatable bonds is 9. The Hall–Kier alpha value is -2.46. The van der Waals surface area contributed by atoms with Gasteiger partial charge in [-0.1, -0.05) is 26.0 Å². The third-order valence-corrected chi connectivity index (χ3v) is 6.45. The zero-order valence-electron chi connectivity index (χ0n) is 15.9. The van der Waals surface area contributed by atoms with Crippen LogP contribution in [0.25, 0.3) is 0 Å². The van der Waals surface area contributed by atoms with Gasteiger partial charge in [0.1, 0.15) is 6.04 Å². The number of nitrogens with zero attached hydrogens (tertiary/aromatic N) is 1. The van der Waals surface area contributed by atoms with E-state index in [1.54, 1.807) is 26.0 Å². The monoisotopic (exact) mass is 411 g/mol. The molecule has 0 saturated carbocycles. The Balaban J connectivity index is 1.82. The van der Waals surface area contributed by atoms with E-state index in [0.29, 0.717) is 25.1 Å². The predicted molar refractivity (Wildman–Crippen MR) is 101 cm³/mol. The van der Waals surface area contributed by atoms with Gasteiger partial charge in [0, 0.05) is 26.1 Å². The molecule has 2 rings (SSSR count). The summed E-state index contributed by atoms with van der Waals surface area (Å²) < 4.78 is 31.1. The molecule has 0 spiro atoms. The van der Waals surface area contributed by atoms with Crippen LogP contribution in [0, 0.1) is 0 Å². The molecular weight excluding hydrogens is 386 g/mol. The van der Waals surface area contributed by atoms with Crippen molar-refractivity contribution in [3.63, 3.8) is 0 Å². The number of esters is 1. The van der Waals surface area contributed by atoms with E-state index in [4.69, 9.17) is 4.74 Å². The fourth-order valence-corrected chi connectivity index (χ4v) is 4.23. The van der Waals surface area contributed by atoms with Crippen LogP contribution in [0.3, 0.4) is 0 Å². The van der Waals surface area contributed by atoms with Gasteiger partial charge in [0.15, 0.2) is 6.61 Å². The number of sulfonamides is 1. The van der Waals surface area contributed by atoms with Crippen molar-refractivity contribution in [2.45, 2.75) is 44.2 Å². The van der Waals surface area contributed by atoms with Crippen LogP contribution in [0.15, 0.2) is 29.2 Å². The normalized spacial score (nSPS) is 16.7. The van der Waals surface area contributed by atoms with Crippen molar-refractivity contribution in [3.8, 4) is 0 Å². The number of benzene rings is 1. The van der Waals surface area contributed by atoms with Crippen molar-refractivity contribution in [1.29, 1.82) is 0 Å². The van der Waals surface area contributed by atoms with Gasteiger partial charge < -0.3 is 15.4 Å². The van der Waals surface area contributed by atoms with Gasteiger partial charge >= 0.3 is 5.97 Å². The highest BCUT2D eigenvalue weighted by Gasteiger charge is 2.28. The van der Waals surface area contributed by atoms with Crippen LogP contribution < -0.4 is 10.6 Å². The largest absolute Gasteiger partial charge is 0.454 e. The third-order valence-electron chi connectivity index (χ3n) is 4.38. The first kappa shape index (κ1) is 21.8. The second-order valence-electron chi connectivity index (χ2n) is 6.28. The Morgan fingerprint density at radius 1 is 1.21 bits per heavy atom. The van der Waals surface area contributed by atoms with E-state index in [1.165, 1.54) is 16.4 Å². The fourth-order valence-electron chi connectivity index (χ4n) is 2.77. The average Bonchev–Trinajstić information content (AvgIpc) is 3.12. The van der Waals surface area contributed by atoms with E-state index >= 15 is 0 Å². The molecule has 1 atom stereocenters. The van der Waals surface area contributed by atoms with Gasteiger partial charge in [0.25, 0.3) is 5.91 Å². The van der Waals surface area contributed by atoms with E-state index < -0.39 is 34.5 Å². The lowest BCUT2D eigenvalue weighted by molar-refractivity contribution is -0.150. The standard InChI is InChI=1S/C18H25N3O6S/c1-3-21(4-2)28(25,26)14-7-5-13(6-8-14)11-19-17(23)12-27-18(24)15-9-10-16(22)20-15/h5-8,15H,3-4,9-12H2,1-2H3,(H,19,23)(H,20,22)/t15-/m1/s1. The summed E-state index contributed by atoms with van der Waals surface area (Å²) in [7, 11) is -3.52. The topological polar surface area (TPSA) is 122 Å². The lowest BCUT2D eigenvalue weighted by Crippen LogP contribution is -2.37. The third kappa shape index (κ3) is 5.52. The summed E-state index contributed by atoms with van der Waals surface area (Å²) in [5.74, 6) is -1.33. The maximum absolute atomic E-state index is 12.4. The van der Waals surface area contributed by atoms with E-state index in [1.807, 2.05) is 0 Å². The first-order valence-corrected chi connectivity index (χ1v) is 10.5. The Morgan fingerprint density at radius 3 is 2.39 bits per heavy atom. The highest BCUT2D eigenvalue weighted by molar-refractivity contribution is 7.89. The van der Waals surface area contributed by atoms with E-state index in [0.717, 1.165) is 0 Å². The number of carbonyl (C=O) groups is 3. The van der Waals surface area contributed by atoms with Crippen molar-refractivity contribution >= 4 is 27.8 Å². The second-order valence-corrected chi connectivity index (χ2v) is 8.21. The number of nitrogens with one attached hydrogen (secondary N) is 2. The maximum Gasteiger partial charge on any atom is 0.329 e. The molecule has 0 radical (unpaired) electrons. The molecule has 1 aliphatic rings. The Labute approximate surface area is 164 Å². The zero-order valence-corrected chi connectivity index (χ0v) is 16.8. The van der Waals surface area contributed by atoms with Crippen LogP contribution >= 0.6 is 0 Å². The minimum absolute atomic E-state index is 0.169. The maximum atomic E-state index is 12.4. The van der Waals surface area contributed by atoms with Crippen molar-refractivity contribution in [1.82, 2.24) is 14.9 Å². The molecule has 0 aliphatic carbocycles. The molecular formula is C18H25N3O6S. The van der Waals surface area contributed by atoms with Crippen molar-refractivity contribution in [3.05, 3.63) is 29.8 Å². The summed E-state index contributed by atoms with van der Waals surface area (Å²) in [4.78, 5) is 34.8. The molecule has 2 amide bonds. The van der Waals surface area contributed by atoms with Crippen LogP contribution in [-0.2, 0) is 35.7 Å². The van der Waals surface area contributed by atoms with Crippen molar-refractivity contribution in [2.75, 3.05) is 19.7 Å².